The lowest BCUT2D eigenvalue weighted by Crippen LogP contribution is -2.37. The van der Waals surface area contributed by atoms with Crippen LogP contribution >= 0.6 is 0 Å². The van der Waals surface area contributed by atoms with E-state index in [0.29, 0.717) is 21.2 Å². The number of nitrogens with one attached hydrogen (secondary N) is 1. The molecule has 1 saturated heterocycles. The molecule has 138 valence electrons. The van der Waals surface area contributed by atoms with Crippen LogP contribution in [0.25, 0.3) is 0 Å². The van der Waals surface area contributed by atoms with E-state index in [1.54, 1.807) is 20.8 Å². The Kier molecular flexibility index (Phi) is 5.39. The number of ketones is 1. The van der Waals surface area contributed by atoms with Gasteiger partial charge in [0, 0.05) is 17.9 Å². The second kappa shape index (κ2) is 7.34. The van der Waals surface area contributed by atoms with Crippen molar-refractivity contribution >= 4 is 29.6 Å². The SMILES string of the molecule is C=CCN1C(=O)C(=O)N(CC(=O)c2c(C)[nH]c(C)c2C(=O)OCC)C1=O. The molecule has 26 heavy (non-hydrogen) atoms. The number of Topliss-reactive ketones (excluding diaryl/α,β-unsaturated/α-hetero) is 1. The number of amides is 4. The lowest BCUT2D eigenvalue weighted by atomic mass is 10.0. The van der Waals surface area contributed by atoms with Crippen molar-refractivity contribution in [2.45, 2.75) is 20.8 Å². The van der Waals surface area contributed by atoms with Crippen molar-refractivity contribution in [3.63, 3.8) is 0 Å². The molecule has 1 aliphatic heterocycles. The number of aryl methyl sites for hydroxylation is 2. The molecule has 0 aliphatic carbocycles. The maximum absolute atomic E-state index is 12.7. The van der Waals surface area contributed by atoms with Crippen molar-refractivity contribution in [3.8, 4) is 0 Å². The Morgan fingerprint density at radius 2 is 1.65 bits per heavy atom. The van der Waals surface area contributed by atoms with Crippen molar-refractivity contribution in [2.24, 2.45) is 0 Å². The minimum atomic E-state index is -1.09. The van der Waals surface area contributed by atoms with Crippen LogP contribution in [0.3, 0.4) is 0 Å². The molecule has 0 radical (unpaired) electrons. The molecule has 0 unspecified atom stereocenters. The van der Waals surface area contributed by atoms with Gasteiger partial charge in [0.1, 0.15) is 0 Å². The molecule has 4 amide bonds. The number of carbonyl (C=O) groups excluding carboxylic acids is 5. The summed E-state index contributed by atoms with van der Waals surface area (Å²) in [5, 5.41) is 0. The first-order chi connectivity index (χ1) is 12.2. The summed E-state index contributed by atoms with van der Waals surface area (Å²) in [6.07, 6.45) is 1.30. The minimum Gasteiger partial charge on any atom is -0.462 e. The molecule has 0 bridgehead atoms. The van der Waals surface area contributed by atoms with Gasteiger partial charge in [-0.1, -0.05) is 6.08 Å². The zero-order valence-electron chi connectivity index (χ0n) is 14.7. The minimum absolute atomic E-state index is 0.0381. The smallest absolute Gasteiger partial charge is 0.340 e. The summed E-state index contributed by atoms with van der Waals surface area (Å²) in [7, 11) is 0. The van der Waals surface area contributed by atoms with Gasteiger partial charge in [0.25, 0.3) is 0 Å². The Bertz CT molecular complexity index is 823. The maximum Gasteiger partial charge on any atom is 0.340 e. The van der Waals surface area contributed by atoms with E-state index in [2.05, 4.69) is 11.6 Å². The van der Waals surface area contributed by atoms with E-state index in [-0.39, 0.29) is 24.3 Å². The van der Waals surface area contributed by atoms with Gasteiger partial charge in [-0.25, -0.2) is 14.5 Å². The molecular weight excluding hydrogens is 342 g/mol. The molecule has 0 saturated carbocycles. The molecule has 2 heterocycles. The zero-order valence-corrected chi connectivity index (χ0v) is 14.7. The van der Waals surface area contributed by atoms with Crippen LogP contribution in [0.5, 0.6) is 0 Å². The quantitative estimate of drug-likeness (QED) is 0.254. The van der Waals surface area contributed by atoms with Crippen LogP contribution in [-0.4, -0.2) is 64.1 Å². The van der Waals surface area contributed by atoms with Gasteiger partial charge in [0.05, 0.1) is 24.3 Å². The second-order valence-corrected chi connectivity index (χ2v) is 5.65. The molecule has 1 fully saturated rings. The van der Waals surface area contributed by atoms with Gasteiger partial charge < -0.3 is 9.72 Å². The van der Waals surface area contributed by atoms with Crippen LogP contribution < -0.4 is 0 Å². The van der Waals surface area contributed by atoms with E-state index in [0.717, 1.165) is 0 Å². The highest BCUT2D eigenvalue weighted by Gasteiger charge is 2.45. The van der Waals surface area contributed by atoms with Crippen LogP contribution in [0.2, 0.25) is 0 Å². The fourth-order valence-corrected chi connectivity index (χ4v) is 2.79. The zero-order chi connectivity index (χ0) is 19.6. The van der Waals surface area contributed by atoms with Gasteiger partial charge >= 0.3 is 23.8 Å². The number of H-pyrrole nitrogens is 1. The predicted molar refractivity (Wildman–Crippen MR) is 89.6 cm³/mol. The number of nitrogens with zero attached hydrogens (tertiary/aromatic N) is 2. The molecule has 9 heteroatoms. The Morgan fingerprint density at radius 1 is 1.08 bits per heavy atom. The van der Waals surface area contributed by atoms with Crippen LogP contribution in [0.4, 0.5) is 4.79 Å². The molecular formula is C17H19N3O6. The summed E-state index contributed by atoms with van der Waals surface area (Å²) in [5.41, 5.74) is 0.940. The predicted octanol–water partition coefficient (Wildman–Crippen LogP) is 0.968. The fraction of sp³-hybridized carbons (Fsp3) is 0.353. The number of imide groups is 2. The summed E-state index contributed by atoms with van der Waals surface area (Å²) < 4.78 is 4.96. The number of hydrogen-bond acceptors (Lipinski definition) is 6. The standard InChI is InChI=1S/C17H19N3O6/c1-5-7-19-14(22)15(23)20(17(19)25)8-11(21)12-9(3)18-10(4)13(12)16(24)26-6-2/h5,18H,1,6-8H2,2-4H3. The average molecular weight is 361 g/mol. The van der Waals surface area contributed by atoms with Crippen LogP contribution in [0, 0.1) is 13.8 Å². The summed E-state index contributed by atoms with van der Waals surface area (Å²) in [6, 6.07) is -0.893. The van der Waals surface area contributed by atoms with Crippen molar-refractivity contribution < 1.29 is 28.7 Å². The summed E-state index contributed by atoms with van der Waals surface area (Å²) in [5.74, 6) is -3.44. The number of aromatic nitrogens is 1. The van der Waals surface area contributed by atoms with E-state index in [1.807, 2.05) is 0 Å². The second-order valence-electron chi connectivity index (χ2n) is 5.65. The number of rotatable bonds is 7. The lowest BCUT2D eigenvalue weighted by molar-refractivity contribution is -0.142. The largest absolute Gasteiger partial charge is 0.462 e. The summed E-state index contributed by atoms with van der Waals surface area (Å²) in [6.45, 7) is 7.59. The van der Waals surface area contributed by atoms with Gasteiger partial charge in [-0.05, 0) is 20.8 Å². The van der Waals surface area contributed by atoms with Gasteiger partial charge in [0.15, 0.2) is 5.78 Å². The highest BCUT2D eigenvalue weighted by Crippen LogP contribution is 2.22. The number of ether oxygens (including phenoxy) is 1. The summed E-state index contributed by atoms with van der Waals surface area (Å²) >= 11 is 0. The number of hydrogen-bond donors (Lipinski definition) is 1. The van der Waals surface area contributed by atoms with E-state index in [1.165, 1.54) is 6.08 Å². The van der Waals surface area contributed by atoms with Crippen molar-refractivity contribution in [2.75, 3.05) is 19.7 Å². The average Bonchev–Trinajstić information content (AvgIpc) is 2.98. The highest BCUT2D eigenvalue weighted by atomic mass is 16.5. The Hall–Kier alpha value is -3.23. The number of esters is 1. The Labute approximate surface area is 149 Å². The third kappa shape index (κ3) is 3.15. The third-order valence-electron chi connectivity index (χ3n) is 3.88. The first-order valence-electron chi connectivity index (χ1n) is 7.92. The third-order valence-corrected chi connectivity index (χ3v) is 3.88. The monoisotopic (exact) mass is 361 g/mol. The van der Waals surface area contributed by atoms with Crippen LogP contribution in [0.15, 0.2) is 12.7 Å². The molecule has 1 aromatic heterocycles. The van der Waals surface area contributed by atoms with Crippen molar-refractivity contribution in [1.82, 2.24) is 14.8 Å². The first-order valence-corrected chi connectivity index (χ1v) is 7.92. The highest BCUT2D eigenvalue weighted by molar-refractivity contribution is 6.45. The van der Waals surface area contributed by atoms with Crippen molar-refractivity contribution in [1.29, 1.82) is 0 Å². The topological polar surface area (TPSA) is 117 Å². The van der Waals surface area contributed by atoms with E-state index in [9.17, 15) is 24.0 Å². The van der Waals surface area contributed by atoms with Gasteiger partial charge in [-0.2, -0.15) is 0 Å². The maximum atomic E-state index is 12.7. The molecule has 1 aliphatic rings. The van der Waals surface area contributed by atoms with Gasteiger partial charge in [0.2, 0.25) is 0 Å². The molecule has 2 rings (SSSR count). The molecule has 0 aromatic carbocycles. The van der Waals surface area contributed by atoms with Crippen LogP contribution in [0.1, 0.15) is 39.0 Å². The fourth-order valence-electron chi connectivity index (χ4n) is 2.79. The molecule has 0 spiro atoms. The lowest BCUT2D eigenvalue weighted by Gasteiger charge is -2.14. The normalized spacial score (nSPS) is 14.2. The molecule has 1 aromatic rings. The van der Waals surface area contributed by atoms with Gasteiger partial charge in [-0.15, -0.1) is 6.58 Å². The van der Waals surface area contributed by atoms with E-state index >= 15 is 0 Å². The first kappa shape index (κ1) is 19.1. The molecule has 9 nitrogen and oxygen atoms in total. The Morgan fingerprint density at radius 3 is 2.23 bits per heavy atom. The van der Waals surface area contributed by atoms with Gasteiger partial charge in [-0.3, -0.25) is 19.3 Å². The summed E-state index contributed by atoms with van der Waals surface area (Å²) in [4.78, 5) is 65.0. The number of aromatic amines is 1. The van der Waals surface area contributed by atoms with E-state index in [4.69, 9.17) is 4.74 Å². The molecule has 0 atom stereocenters. The van der Waals surface area contributed by atoms with Crippen molar-refractivity contribution in [3.05, 3.63) is 35.2 Å². The number of urea groups is 1. The van der Waals surface area contributed by atoms with Crippen LogP contribution in [-0.2, 0) is 14.3 Å². The number of carbonyl (C=O) groups is 5. The van der Waals surface area contributed by atoms with E-state index < -0.39 is 36.1 Å². The Balaban J connectivity index is 2.33. The molecule has 1 N–H and O–H groups in total.